The van der Waals surface area contributed by atoms with E-state index >= 15 is 0 Å². The van der Waals surface area contributed by atoms with Gasteiger partial charge in [-0.25, -0.2) is 22.6 Å². The number of benzene rings is 1. The highest BCUT2D eigenvalue weighted by atomic mass is 32.2. The minimum atomic E-state index is -3.98. The van der Waals surface area contributed by atoms with Crippen LogP contribution in [-0.2, 0) is 10.0 Å². The molecule has 1 heterocycles. The first-order valence-corrected chi connectivity index (χ1v) is 7.96. The molecule has 0 saturated carbocycles. The third kappa shape index (κ3) is 3.95. The molecule has 0 aliphatic heterocycles. The third-order valence-electron chi connectivity index (χ3n) is 2.76. The fraction of sp³-hybridized carbons (Fsp3) is 0.143. The van der Waals surface area contributed by atoms with Crippen molar-refractivity contribution in [2.24, 2.45) is 0 Å². The number of nitrogens with one attached hydrogen (secondary N) is 1. The summed E-state index contributed by atoms with van der Waals surface area (Å²) in [6.45, 7) is 2.16. The number of pyridine rings is 1. The smallest absolute Gasteiger partial charge is 0.338 e. The molecule has 0 spiro atoms. The minimum Gasteiger partial charge on any atom is -0.478 e. The van der Waals surface area contributed by atoms with Crippen LogP contribution in [0.25, 0.3) is 0 Å². The Labute approximate surface area is 131 Å². The Bertz CT molecular complexity index is 822. The Morgan fingerprint density at radius 3 is 2.61 bits per heavy atom. The topological polar surface area (TPSA) is 106 Å². The summed E-state index contributed by atoms with van der Waals surface area (Å²) >= 11 is 0. The summed E-state index contributed by atoms with van der Waals surface area (Å²) in [5.74, 6) is -2.20. The zero-order valence-electron chi connectivity index (χ0n) is 12.0. The highest BCUT2D eigenvalue weighted by Crippen LogP contribution is 2.19. The molecule has 0 saturated heterocycles. The van der Waals surface area contributed by atoms with Crippen molar-refractivity contribution in [1.82, 2.24) is 4.98 Å². The van der Waals surface area contributed by atoms with Crippen LogP contribution in [0.5, 0.6) is 5.88 Å². The molecule has 1 aromatic heterocycles. The highest BCUT2D eigenvalue weighted by molar-refractivity contribution is 7.92. The number of nitrogens with zero attached hydrogens (tertiary/aromatic N) is 1. The monoisotopic (exact) mass is 340 g/mol. The Kier molecular flexibility index (Phi) is 4.80. The van der Waals surface area contributed by atoms with E-state index in [2.05, 4.69) is 9.71 Å². The number of aromatic carboxylic acids is 1. The molecule has 0 amide bonds. The van der Waals surface area contributed by atoms with Crippen LogP contribution in [0.4, 0.5) is 10.1 Å². The molecule has 0 radical (unpaired) electrons. The first kappa shape index (κ1) is 16.7. The molecule has 0 unspecified atom stereocenters. The van der Waals surface area contributed by atoms with Gasteiger partial charge in [0.25, 0.3) is 10.0 Å². The van der Waals surface area contributed by atoms with Crippen molar-refractivity contribution in [1.29, 1.82) is 0 Å². The van der Waals surface area contributed by atoms with Crippen molar-refractivity contribution in [3.8, 4) is 5.88 Å². The van der Waals surface area contributed by atoms with Gasteiger partial charge >= 0.3 is 5.97 Å². The van der Waals surface area contributed by atoms with Gasteiger partial charge in [-0.2, -0.15) is 0 Å². The maximum atomic E-state index is 13.6. The quantitative estimate of drug-likeness (QED) is 0.834. The summed E-state index contributed by atoms with van der Waals surface area (Å²) in [7, 11) is -3.98. The van der Waals surface area contributed by atoms with Gasteiger partial charge < -0.3 is 9.84 Å². The summed E-state index contributed by atoms with van der Waals surface area (Å²) in [5.41, 5.74) is -0.642. The standard InChI is InChI=1S/C14H13FN2O5S/c1-2-22-13-6-4-10(8-16-13)23(20,21)17-9-3-5-11(14(18)19)12(15)7-9/h3-8,17H,2H2,1H3,(H,18,19). The average molecular weight is 340 g/mol. The second kappa shape index (κ2) is 6.61. The van der Waals surface area contributed by atoms with Crippen molar-refractivity contribution in [2.45, 2.75) is 11.8 Å². The molecule has 23 heavy (non-hydrogen) atoms. The van der Waals surface area contributed by atoms with E-state index in [4.69, 9.17) is 9.84 Å². The number of carbonyl (C=O) groups is 1. The summed E-state index contributed by atoms with van der Waals surface area (Å²) in [6, 6.07) is 5.62. The second-order valence-corrected chi connectivity index (χ2v) is 6.05. The van der Waals surface area contributed by atoms with Crippen LogP contribution in [0, 0.1) is 5.82 Å². The zero-order valence-corrected chi connectivity index (χ0v) is 12.8. The molecular formula is C14H13FN2O5S. The lowest BCUT2D eigenvalue weighted by molar-refractivity contribution is 0.0692. The van der Waals surface area contributed by atoms with Gasteiger partial charge in [0.2, 0.25) is 5.88 Å². The van der Waals surface area contributed by atoms with Crippen LogP contribution in [0.3, 0.4) is 0 Å². The van der Waals surface area contributed by atoms with E-state index in [1.165, 1.54) is 12.1 Å². The van der Waals surface area contributed by atoms with E-state index in [1.54, 1.807) is 6.92 Å². The van der Waals surface area contributed by atoms with Crippen molar-refractivity contribution in [2.75, 3.05) is 11.3 Å². The second-order valence-electron chi connectivity index (χ2n) is 4.37. The Balaban J connectivity index is 2.24. The lowest BCUT2D eigenvalue weighted by atomic mass is 10.2. The molecule has 1 aromatic carbocycles. The number of rotatable bonds is 6. The van der Waals surface area contributed by atoms with Gasteiger partial charge in [0.1, 0.15) is 10.7 Å². The number of hydrogen-bond acceptors (Lipinski definition) is 5. The largest absolute Gasteiger partial charge is 0.478 e. The lowest BCUT2D eigenvalue weighted by Gasteiger charge is -2.09. The molecule has 0 bridgehead atoms. The van der Waals surface area contributed by atoms with E-state index < -0.39 is 27.4 Å². The van der Waals surface area contributed by atoms with Gasteiger partial charge in [0.15, 0.2) is 0 Å². The van der Waals surface area contributed by atoms with E-state index in [-0.39, 0.29) is 16.5 Å². The molecule has 0 atom stereocenters. The van der Waals surface area contributed by atoms with E-state index in [0.29, 0.717) is 6.61 Å². The lowest BCUT2D eigenvalue weighted by Crippen LogP contribution is -2.14. The van der Waals surface area contributed by atoms with Gasteiger partial charge in [0, 0.05) is 6.07 Å². The summed E-state index contributed by atoms with van der Waals surface area (Å²) in [6.07, 6.45) is 1.11. The number of carboxylic acid groups (broad SMARTS) is 1. The molecule has 0 aliphatic rings. The Morgan fingerprint density at radius 2 is 2.09 bits per heavy atom. The zero-order chi connectivity index (χ0) is 17.0. The molecule has 122 valence electrons. The number of carboxylic acids is 1. The Hall–Kier alpha value is -2.68. The van der Waals surface area contributed by atoms with Crippen LogP contribution in [0.2, 0.25) is 0 Å². The van der Waals surface area contributed by atoms with Crippen LogP contribution >= 0.6 is 0 Å². The fourth-order valence-corrected chi connectivity index (χ4v) is 2.72. The fourth-order valence-electron chi connectivity index (χ4n) is 1.73. The number of halogens is 1. The summed E-state index contributed by atoms with van der Waals surface area (Å²) in [4.78, 5) is 14.4. The number of anilines is 1. The van der Waals surface area contributed by atoms with Crippen molar-refractivity contribution < 1.29 is 27.4 Å². The molecule has 7 nitrogen and oxygen atoms in total. The first-order chi connectivity index (χ1) is 10.8. The first-order valence-electron chi connectivity index (χ1n) is 6.48. The van der Waals surface area contributed by atoms with Gasteiger partial charge in [-0.1, -0.05) is 0 Å². The normalized spacial score (nSPS) is 11.0. The molecule has 2 rings (SSSR count). The van der Waals surface area contributed by atoms with Gasteiger partial charge in [-0.15, -0.1) is 0 Å². The van der Waals surface area contributed by atoms with Crippen LogP contribution in [0.1, 0.15) is 17.3 Å². The predicted octanol–water partition coefficient (Wildman–Crippen LogP) is 2.12. The summed E-state index contributed by atoms with van der Waals surface area (Å²) < 4.78 is 45.2. The van der Waals surface area contributed by atoms with E-state index in [1.807, 2.05) is 0 Å². The maximum Gasteiger partial charge on any atom is 0.338 e. The molecule has 0 aliphatic carbocycles. The maximum absolute atomic E-state index is 13.6. The molecular weight excluding hydrogens is 327 g/mol. The SMILES string of the molecule is CCOc1ccc(S(=O)(=O)Nc2ccc(C(=O)O)c(F)c2)cn1. The number of hydrogen-bond donors (Lipinski definition) is 2. The van der Waals surface area contributed by atoms with Crippen LogP contribution in [0.15, 0.2) is 41.4 Å². The van der Waals surface area contributed by atoms with E-state index in [0.717, 1.165) is 24.4 Å². The number of ether oxygens (including phenoxy) is 1. The summed E-state index contributed by atoms with van der Waals surface area (Å²) in [5, 5.41) is 8.74. The van der Waals surface area contributed by atoms with E-state index in [9.17, 15) is 17.6 Å². The average Bonchev–Trinajstić information content (AvgIpc) is 2.47. The number of aromatic nitrogens is 1. The van der Waals surface area contributed by atoms with Crippen molar-refractivity contribution in [3.05, 3.63) is 47.9 Å². The van der Waals surface area contributed by atoms with Crippen molar-refractivity contribution >= 4 is 21.7 Å². The van der Waals surface area contributed by atoms with Crippen molar-refractivity contribution in [3.63, 3.8) is 0 Å². The van der Waals surface area contributed by atoms with Crippen LogP contribution in [-0.4, -0.2) is 31.1 Å². The predicted molar refractivity (Wildman–Crippen MR) is 79.6 cm³/mol. The third-order valence-corrected chi connectivity index (χ3v) is 4.13. The Morgan fingerprint density at radius 1 is 1.35 bits per heavy atom. The van der Waals surface area contributed by atoms with Gasteiger partial charge in [-0.05, 0) is 31.2 Å². The molecule has 2 aromatic rings. The molecule has 0 fully saturated rings. The molecule has 9 heteroatoms. The molecule has 2 N–H and O–H groups in total. The minimum absolute atomic E-state index is 0.0959. The number of sulfonamides is 1. The highest BCUT2D eigenvalue weighted by Gasteiger charge is 2.17. The van der Waals surface area contributed by atoms with Gasteiger partial charge in [-0.3, -0.25) is 4.72 Å². The van der Waals surface area contributed by atoms with Crippen LogP contribution < -0.4 is 9.46 Å². The van der Waals surface area contributed by atoms with Gasteiger partial charge in [0.05, 0.1) is 24.1 Å².